The van der Waals surface area contributed by atoms with Crippen LogP contribution in [0, 0.1) is 5.92 Å². The maximum Gasteiger partial charge on any atom is 0.261 e. The smallest absolute Gasteiger partial charge is 0.261 e. The van der Waals surface area contributed by atoms with Crippen LogP contribution in [0.1, 0.15) is 28.4 Å². The van der Waals surface area contributed by atoms with Gasteiger partial charge in [0.2, 0.25) is 0 Å². The van der Waals surface area contributed by atoms with Gasteiger partial charge in [-0.05, 0) is 30.5 Å². The van der Waals surface area contributed by atoms with Gasteiger partial charge in [0.1, 0.15) is 5.82 Å². The molecule has 2 aliphatic heterocycles. The number of para-hydroxylation sites is 1. The maximum absolute atomic E-state index is 13.4. The number of H-pyrrole nitrogens is 1. The van der Waals surface area contributed by atoms with Crippen molar-refractivity contribution < 1.29 is 4.79 Å². The number of nitrogens with one attached hydrogen (secondary N) is 1. The molecule has 8 nitrogen and oxygen atoms in total. The first-order valence-corrected chi connectivity index (χ1v) is 10.5. The molecular formula is C23H22N6O2. The standard InChI is InChI=1S/C23H22N6O2/c1-27-8-7-24-21(27)18-5-6-19-16-9-14(12-29(19)23(18)31)11-28(13-16)22(30)17-4-2-3-15-10-25-26-20(15)17/h2-8,10,14,16H,9,11-13H2,1H3,(H,25,26)/t14-,16+/m0/s1. The number of likely N-dealkylation sites (tertiary alicyclic amines) is 1. The molecule has 0 aliphatic carbocycles. The molecule has 2 atom stereocenters. The summed E-state index contributed by atoms with van der Waals surface area (Å²) in [6.07, 6.45) is 6.28. The molecule has 0 radical (unpaired) electrons. The number of hydrogen-bond acceptors (Lipinski definition) is 4. The van der Waals surface area contributed by atoms with Crippen molar-refractivity contribution in [3.05, 3.63) is 70.5 Å². The van der Waals surface area contributed by atoms with Crippen molar-refractivity contribution in [1.82, 2.24) is 29.2 Å². The number of rotatable bonds is 2. The second-order valence-corrected chi connectivity index (χ2v) is 8.60. The lowest BCUT2D eigenvalue weighted by molar-refractivity contribution is 0.0596. The highest BCUT2D eigenvalue weighted by atomic mass is 16.2. The monoisotopic (exact) mass is 414 g/mol. The van der Waals surface area contributed by atoms with E-state index in [0.717, 1.165) is 23.0 Å². The van der Waals surface area contributed by atoms with Gasteiger partial charge in [-0.3, -0.25) is 14.7 Å². The number of carbonyl (C=O) groups excluding carboxylic acids is 1. The van der Waals surface area contributed by atoms with Crippen molar-refractivity contribution in [2.24, 2.45) is 13.0 Å². The highest BCUT2D eigenvalue weighted by molar-refractivity contribution is 6.05. The molecule has 4 aromatic rings. The van der Waals surface area contributed by atoms with Crippen molar-refractivity contribution in [2.75, 3.05) is 13.1 Å². The number of aromatic nitrogens is 5. The third kappa shape index (κ3) is 2.74. The minimum Gasteiger partial charge on any atom is -0.338 e. The van der Waals surface area contributed by atoms with Gasteiger partial charge in [0.25, 0.3) is 11.5 Å². The first-order chi connectivity index (χ1) is 15.1. The molecule has 0 saturated carbocycles. The van der Waals surface area contributed by atoms with Crippen molar-refractivity contribution in [3.8, 4) is 11.4 Å². The SMILES string of the molecule is Cn1ccnc1-c1ccc2n(c1=O)C[C@H]1C[C@@H]2CN(C(=O)c2cccc3cn[nH]c23)C1. The highest BCUT2D eigenvalue weighted by Gasteiger charge is 2.37. The second kappa shape index (κ2) is 6.66. The number of aromatic amines is 1. The van der Waals surface area contributed by atoms with Gasteiger partial charge >= 0.3 is 0 Å². The van der Waals surface area contributed by atoms with Gasteiger partial charge in [-0.25, -0.2) is 4.98 Å². The Morgan fingerprint density at radius 3 is 2.90 bits per heavy atom. The fourth-order valence-electron chi connectivity index (χ4n) is 5.22. The molecule has 1 fully saturated rings. The molecule has 0 unspecified atom stereocenters. The number of benzene rings is 1. The number of pyridine rings is 1. The van der Waals surface area contributed by atoms with Crippen LogP contribution >= 0.6 is 0 Å². The van der Waals surface area contributed by atoms with E-state index in [1.165, 1.54) is 0 Å². The number of nitrogens with zero attached hydrogens (tertiary/aromatic N) is 5. The Morgan fingerprint density at radius 2 is 2.06 bits per heavy atom. The largest absolute Gasteiger partial charge is 0.338 e. The zero-order valence-corrected chi connectivity index (χ0v) is 17.2. The average molecular weight is 414 g/mol. The minimum absolute atomic E-state index is 0.00324. The molecule has 2 aliphatic rings. The number of fused-ring (bicyclic) bond motifs is 5. The Hall–Kier alpha value is -3.68. The molecule has 1 aromatic carbocycles. The topological polar surface area (TPSA) is 88.8 Å². The summed E-state index contributed by atoms with van der Waals surface area (Å²) in [6.45, 7) is 1.89. The van der Waals surface area contributed by atoms with E-state index in [-0.39, 0.29) is 23.3 Å². The molecule has 0 spiro atoms. The van der Waals surface area contributed by atoms with Gasteiger partial charge in [-0.15, -0.1) is 0 Å². The normalized spacial score (nSPS) is 20.1. The van der Waals surface area contributed by atoms with E-state index in [0.29, 0.717) is 36.6 Å². The molecule has 5 heterocycles. The van der Waals surface area contributed by atoms with Gasteiger partial charge in [-0.1, -0.05) is 12.1 Å². The zero-order valence-electron chi connectivity index (χ0n) is 17.2. The van der Waals surface area contributed by atoms with Gasteiger partial charge in [0.15, 0.2) is 0 Å². The molecule has 31 heavy (non-hydrogen) atoms. The molecule has 8 heteroatoms. The number of amides is 1. The summed E-state index contributed by atoms with van der Waals surface area (Å²) < 4.78 is 3.77. The van der Waals surface area contributed by atoms with Gasteiger partial charge in [-0.2, -0.15) is 5.10 Å². The fraction of sp³-hybridized carbons (Fsp3) is 0.304. The number of hydrogen-bond donors (Lipinski definition) is 1. The predicted molar refractivity (Wildman–Crippen MR) is 116 cm³/mol. The van der Waals surface area contributed by atoms with Crippen molar-refractivity contribution >= 4 is 16.8 Å². The summed E-state index contributed by atoms with van der Waals surface area (Å²) in [5, 5.41) is 7.97. The lowest BCUT2D eigenvalue weighted by atomic mass is 9.82. The summed E-state index contributed by atoms with van der Waals surface area (Å²) >= 11 is 0. The van der Waals surface area contributed by atoms with Crippen LogP contribution in [0.3, 0.4) is 0 Å². The summed E-state index contributed by atoms with van der Waals surface area (Å²) in [7, 11) is 1.89. The first kappa shape index (κ1) is 18.1. The Bertz CT molecular complexity index is 1380. The van der Waals surface area contributed by atoms with Gasteiger partial charge in [0, 0.05) is 56.1 Å². The Labute approximate surface area is 178 Å². The molecule has 3 aromatic heterocycles. The molecule has 156 valence electrons. The van der Waals surface area contributed by atoms with Crippen molar-refractivity contribution in [1.29, 1.82) is 0 Å². The maximum atomic E-state index is 13.4. The first-order valence-electron chi connectivity index (χ1n) is 10.5. The molecule has 2 bridgehead atoms. The quantitative estimate of drug-likeness (QED) is 0.545. The van der Waals surface area contributed by atoms with Crippen molar-refractivity contribution in [3.63, 3.8) is 0 Å². The number of imidazole rings is 1. The van der Waals surface area contributed by atoms with Crippen LogP contribution in [0.5, 0.6) is 0 Å². The number of aryl methyl sites for hydroxylation is 1. The second-order valence-electron chi connectivity index (χ2n) is 8.60. The van der Waals surface area contributed by atoms with Crippen LogP contribution in [-0.4, -0.2) is 48.2 Å². The zero-order chi connectivity index (χ0) is 21.1. The minimum atomic E-state index is 0.00324. The number of carbonyl (C=O) groups is 1. The van der Waals surface area contributed by atoms with E-state index in [2.05, 4.69) is 15.2 Å². The highest BCUT2D eigenvalue weighted by Crippen LogP contribution is 2.36. The van der Waals surface area contributed by atoms with Crippen LogP contribution in [0.25, 0.3) is 22.3 Å². The lowest BCUT2D eigenvalue weighted by Gasteiger charge is -2.43. The van der Waals surface area contributed by atoms with E-state index in [1.54, 1.807) is 12.4 Å². The van der Waals surface area contributed by atoms with E-state index in [9.17, 15) is 9.59 Å². The van der Waals surface area contributed by atoms with Gasteiger partial charge < -0.3 is 14.0 Å². The molecule has 1 amide bonds. The summed E-state index contributed by atoms with van der Waals surface area (Å²) in [5.41, 5.74) is 3.06. The van der Waals surface area contributed by atoms with Crippen LogP contribution < -0.4 is 5.56 Å². The molecular weight excluding hydrogens is 392 g/mol. The lowest BCUT2D eigenvalue weighted by Crippen LogP contribution is -2.49. The summed E-state index contributed by atoms with van der Waals surface area (Å²) in [4.78, 5) is 32.9. The Kier molecular flexibility index (Phi) is 3.89. The Balaban J connectivity index is 1.34. The predicted octanol–water partition coefficient (Wildman–Crippen LogP) is 2.38. The molecule has 1 saturated heterocycles. The van der Waals surface area contributed by atoms with Gasteiger partial charge in [0.05, 0.1) is 22.8 Å². The van der Waals surface area contributed by atoms with E-state index < -0.39 is 0 Å². The fourth-order valence-corrected chi connectivity index (χ4v) is 5.22. The van der Waals surface area contributed by atoms with Crippen LogP contribution in [-0.2, 0) is 13.6 Å². The third-order valence-corrected chi connectivity index (χ3v) is 6.66. The van der Waals surface area contributed by atoms with E-state index >= 15 is 0 Å². The number of piperidine rings is 1. The summed E-state index contributed by atoms with van der Waals surface area (Å²) in [6, 6.07) is 9.61. The average Bonchev–Trinajstić information content (AvgIpc) is 3.42. The Morgan fingerprint density at radius 1 is 1.16 bits per heavy atom. The van der Waals surface area contributed by atoms with Crippen LogP contribution in [0.2, 0.25) is 0 Å². The third-order valence-electron chi connectivity index (χ3n) is 6.66. The van der Waals surface area contributed by atoms with Crippen molar-refractivity contribution in [2.45, 2.75) is 18.9 Å². The van der Waals surface area contributed by atoms with E-state index in [4.69, 9.17) is 0 Å². The molecule has 1 N–H and O–H groups in total. The van der Waals surface area contributed by atoms with Crippen LogP contribution in [0.4, 0.5) is 0 Å². The van der Waals surface area contributed by atoms with Crippen LogP contribution in [0.15, 0.2) is 53.7 Å². The summed E-state index contributed by atoms with van der Waals surface area (Å²) in [5.74, 6) is 1.11. The molecule has 6 rings (SSSR count). The van der Waals surface area contributed by atoms with E-state index in [1.807, 2.05) is 57.6 Å².